The molecule has 0 heterocycles. The van der Waals surface area contributed by atoms with Crippen molar-refractivity contribution in [1.29, 1.82) is 0 Å². The van der Waals surface area contributed by atoms with Crippen molar-refractivity contribution in [3.05, 3.63) is 64.7 Å². The number of rotatable bonds is 3. The quantitative estimate of drug-likeness (QED) is 0.883. The molecule has 5 heteroatoms. The van der Waals surface area contributed by atoms with Gasteiger partial charge in [-0.2, -0.15) is 0 Å². The second-order valence-electron chi connectivity index (χ2n) is 4.99. The van der Waals surface area contributed by atoms with Crippen molar-refractivity contribution < 1.29 is 13.6 Å². The number of nitrogens with two attached hydrogens (primary N) is 1. The van der Waals surface area contributed by atoms with Gasteiger partial charge in [-0.3, -0.25) is 4.79 Å². The average Bonchev–Trinajstić information content (AvgIpc) is 2.44. The monoisotopic (exact) mass is 290 g/mol. The number of aryl methyl sites for hydroxylation is 1. The molecule has 2 aromatic carbocycles. The highest BCUT2D eigenvalue weighted by Gasteiger charge is 2.18. The number of carbonyl (C=O) groups excluding carboxylic acids is 1. The van der Waals surface area contributed by atoms with Gasteiger partial charge >= 0.3 is 0 Å². The molecule has 0 saturated heterocycles. The van der Waals surface area contributed by atoms with Crippen LogP contribution in [0.3, 0.4) is 0 Å². The molecular weight excluding hydrogens is 274 g/mol. The molecule has 0 aromatic heterocycles. The van der Waals surface area contributed by atoms with Crippen LogP contribution in [0.5, 0.6) is 0 Å². The van der Waals surface area contributed by atoms with Gasteiger partial charge in [0.25, 0.3) is 5.91 Å². The van der Waals surface area contributed by atoms with E-state index in [-0.39, 0.29) is 17.9 Å². The van der Waals surface area contributed by atoms with Crippen LogP contribution in [0.4, 0.5) is 14.5 Å². The van der Waals surface area contributed by atoms with Crippen LogP contribution < -0.4 is 5.73 Å². The summed E-state index contributed by atoms with van der Waals surface area (Å²) >= 11 is 0. The lowest BCUT2D eigenvalue weighted by molar-refractivity contribution is 0.0780. The molecule has 2 rings (SSSR count). The lowest BCUT2D eigenvalue weighted by Gasteiger charge is -2.18. The van der Waals surface area contributed by atoms with Crippen molar-refractivity contribution >= 4 is 11.6 Å². The molecule has 0 unspecified atom stereocenters. The third kappa shape index (κ3) is 3.37. The minimum atomic E-state index is -0.569. The fourth-order valence-electron chi connectivity index (χ4n) is 2.09. The van der Waals surface area contributed by atoms with E-state index in [9.17, 15) is 13.6 Å². The van der Waals surface area contributed by atoms with Gasteiger partial charge in [0.1, 0.15) is 11.6 Å². The summed E-state index contributed by atoms with van der Waals surface area (Å²) in [5.74, 6) is -1.38. The van der Waals surface area contributed by atoms with Crippen LogP contribution in [0.2, 0.25) is 0 Å². The second kappa shape index (κ2) is 5.91. The number of carbonyl (C=O) groups is 1. The Morgan fingerprint density at radius 3 is 2.43 bits per heavy atom. The third-order valence-corrected chi connectivity index (χ3v) is 3.19. The molecule has 0 aliphatic carbocycles. The summed E-state index contributed by atoms with van der Waals surface area (Å²) < 4.78 is 26.9. The maximum atomic E-state index is 14.0. The van der Waals surface area contributed by atoms with Crippen molar-refractivity contribution in [1.82, 2.24) is 4.90 Å². The standard InChI is InChI=1S/C16H16F2N2O/c1-10-7-13(19)8-14(15(10)18)16(21)20(2)9-11-3-5-12(17)6-4-11/h3-8H,9,19H2,1-2H3. The first-order valence-electron chi connectivity index (χ1n) is 6.44. The minimum Gasteiger partial charge on any atom is -0.399 e. The summed E-state index contributed by atoms with van der Waals surface area (Å²) in [5, 5.41) is 0. The van der Waals surface area contributed by atoms with Crippen LogP contribution >= 0.6 is 0 Å². The molecule has 0 saturated carbocycles. The number of halogens is 2. The Kier molecular flexibility index (Phi) is 4.21. The van der Waals surface area contributed by atoms with Gasteiger partial charge in [0, 0.05) is 19.3 Å². The summed E-state index contributed by atoms with van der Waals surface area (Å²) in [6.45, 7) is 1.81. The molecule has 0 fully saturated rings. The molecule has 0 bridgehead atoms. The van der Waals surface area contributed by atoms with E-state index < -0.39 is 11.7 Å². The predicted molar refractivity (Wildman–Crippen MR) is 77.7 cm³/mol. The van der Waals surface area contributed by atoms with Crippen LogP contribution in [-0.4, -0.2) is 17.9 Å². The number of nitrogen functional groups attached to an aromatic ring is 1. The van der Waals surface area contributed by atoms with E-state index in [4.69, 9.17) is 5.73 Å². The molecule has 2 aromatic rings. The molecule has 21 heavy (non-hydrogen) atoms. The van der Waals surface area contributed by atoms with Crippen molar-refractivity contribution in [2.24, 2.45) is 0 Å². The van der Waals surface area contributed by atoms with Gasteiger partial charge in [-0.15, -0.1) is 0 Å². The molecule has 2 N–H and O–H groups in total. The fraction of sp³-hybridized carbons (Fsp3) is 0.188. The minimum absolute atomic E-state index is 0.0582. The van der Waals surface area contributed by atoms with E-state index in [2.05, 4.69) is 0 Å². The lowest BCUT2D eigenvalue weighted by Crippen LogP contribution is -2.27. The van der Waals surface area contributed by atoms with Gasteiger partial charge in [0.2, 0.25) is 0 Å². The molecule has 0 atom stereocenters. The van der Waals surface area contributed by atoms with Crippen LogP contribution in [0.1, 0.15) is 21.5 Å². The zero-order valence-corrected chi connectivity index (χ0v) is 11.9. The van der Waals surface area contributed by atoms with Gasteiger partial charge in [-0.1, -0.05) is 12.1 Å². The van der Waals surface area contributed by atoms with E-state index in [1.54, 1.807) is 26.1 Å². The Balaban J connectivity index is 2.21. The third-order valence-electron chi connectivity index (χ3n) is 3.19. The number of anilines is 1. The predicted octanol–water partition coefficient (Wildman–Crippen LogP) is 3.13. The summed E-state index contributed by atoms with van der Waals surface area (Å²) in [6, 6.07) is 8.61. The first-order chi connectivity index (χ1) is 9.88. The molecule has 3 nitrogen and oxygen atoms in total. The number of nitrogens with zero attached hydrogens (tertiary/aromatic N) is 1. The van der Waals surface area contributed by atoms with E-state index in [0.717, 1.165) is 5.56 Å². The molecule has 0 spiro atoms. The number of hydrogen-bond acceptors (Lipinski definition) is 2. The highest BCUT2D eigenvalue weighted by atomic mass is 19.1. The van der Waals surface area contributed by atoms with E-state index in [0.29, 0.717) is 11.3 Å². The molecule has 0 radical (unpaired) electrons. The first kappa shape index (κ1) is 15.0. The van der Waals surface area contributed by atoms with E-state index >= 15 is 0 Å². The number of hydrogen-bond donors (Lipinski definition) is 1. The second-order valence-corrected chi connectivity index (χ2v) is 4.99. The van der Waals surface area contributed by atoms with Crippen molar-refractivity contribution in [3.8, 4) is 0 Å². The summed E-state index contributed by atoms with van der Waals surface area (Å²) in [6.07, 6.45) is 0. The Morgan fingerprint density at radius 2 is 1.81 bits per heavy atom. The van der Waals surface area contributed by atoms with Crippen LogP contribution in [0, 0.1) is 18.6 Å². The molecule has 0 aliphatic heterocycles. The zero-order chi connectivity index (χ0) is 15.6. The summed E-state index contributed by atoms with van der Waals surface area (Å²) in [4.78, 5) is 13.7. The van der Waals surface area contributed by atoms with Crippen LogP contribution in [-0.2, 0) is 6.54 Å². The van der Waals surface area contributed by atoms with Crippen molar-refractivity contribution in [2.45, 2.75) is 13.5 Å². The van der Waals surface area contributed by atoms with Crippen LogP contribution in [0.25, 0.3) is 0 Å². The highest BCUT2D eigenvalue weighted by molar-refractivity contribution is 5.95. The van der Waals surface area contributed by atoms with E-state index in [1.807, 2.05) is 0 Å². The maximum absolute atomic E-state index is 14.0. The molecule has 1 amide bonds. The van der Waals surface area contributed by atoms with Crippen molar-refractivity contribution in [2.75, 3.05) is 12.8 Å². The normalized spacial score (nSPS) is 10.5. The first-order valence-corrected chi connectivity index (χ1v) is 6.44. The molecular formula is C16H16F2N2O. The highest BCUT2D eigenvalue weighted by Crippen LogP contribution is 2.19. The number of benzene rings is 2. The van der Waals surface area contributed by atoms with Gasteiger partial charge in [-0.05, 0) is 42.3 Å². The Hall–Kier alpha value is -2.43. The molecule has 110 valence electrons. The van der Waals surface area contributed by atoms with E-state index in [1.165, 1.54) is 29.2 Å². The number of amides is 1. The SMILES string of the molecule is Cc1cc(N)cc(C(=O)N(C)Cc2ccc(F)cc2)c1F. The van der Waals surface area contributed by atoms with Gasteiger partial charge in [-0.25, -0.2) is 8.78 Å². The van der Waals surface area contributed by atoms with Gasteiger partial charge < -0.3 is 10.6 Å². The largest absolute Gasteiger partial charge is 0.399 e. The lowest BCUT2D eigenvalue weighted by atomic mass is 10.1. The Labute approximate surface area is 122 Å². The summed E-state index contributed by atoms with van der Waals surface area (Å²) in [7, 11) is 1.56. The zero-order valence-electron chi connectivity index (χ0n) is 11.9. The Morgan fingerprint density at radius 1 is 1.19 bits per heavy atom. The van der Waals surface area contributed by atoms with Crippen LogP contribution in [0.15, 0.2) is 36.4 Å². The smallest absolute Gasteiger partial charge is 0.256 e. The van der Waals surface area contributed by atoms with Crippen molar-refractivity contribution in [3.63, 3.8) is 0 Å². The van der Waals surface area contributed by atoms with Gasteiger partial charge in [0.15, 0.2) is 0 Å². The molecule has 0 aliphatic rings. The maximum Gasteiger partial charge on any atom is 0.256 e. The average molecular weight is 290 g/mol. The summed E-state index contributed by atoms with van der Waals surface area (Å²) in [5.41, 5.74) is 7.02. The Bertz CT molecular complexity index is 669. The van der Waals surface area contributed by atoms with Gasteiger partial charge in [0.05, 0.1) is 5.56 Å². The fourth-order valence-corrected chi connectivity index (χ4v) is 2.09. The topological polar surface area (TPSA) is 46.3 Å².